The van der Waals surface area contributed by atoms with Crippen LogP contribution in [0.3, 0.4) is 0 Å². The van der Waals surface area contributed by atoms with Gasteiger partial charge in [-0.15, -0.1) is 0 Å². The van der Waals surface area contributed by atoms with E-state index in [-0.39, 0.29) is 0 Å². The summed E-state index contributed by atoms with van der Waals surface area (Å²) in [6, 6.07) is 5.33. The zero-order valence-electron chi connectivity index (χ0n) is 19.7. The van der Waals surface area contributed by atoms with Crippen molar-refractivity contribution in [2.24, 2.45) is 0 Å². The first-order chi connectivity index (χ1) is 13.0. The fourth-order valence-corrected chi connectivity index (χ4v) is 14.5. The fraction of sp³-hybridized carbons (Fsp3) is 0.650. The minimum Gasteiger partial charge on any atom is -0.496 e. The van der Waals surface area contributed by atoms with Crippen molar-refractivity contribution in [2.45, 2.75) is 78.0 Å². The summed E-state index contributed by atoms with van der Waals surface area (Å²) >= 11 is 0. The average Bonchev–Trinajstić information content (AvgIpc) is 2.49. The number of ether oxygens (including phenoxy) is 2. The molecule has 9 heteroatoms. The zero-order chi connectivity index (χ0) is 22.8. The lowest BCUT2D eigenvalue weighted by atomic mass is 9.76. The van der Waals surface area contributed by atoms with E-state index in [1.54, 1.807) is 12.1 Å². The number of hydrogen-bond acceptors (Lipinski definition) is 6. The topological polar surface area (TPSA) is 79.2 Å². The molecule has 164 valence electrons. The van der Waals surface area contributed by atoms with Gasteiger partial charge < -0.3 is 23.8 Å². The van der Waals surface area contributed by atoms with Crippen LogP contribution >= 0.6 is 0 Å². The van der Waals surface area contributed by atoms with Crippen LogP contribution in [0.1, 0.15) is 36.7 Å². The molecule has 1 rings (SSSR count). The standard InChI is InChI=1S/C20H38BNO5Si2/c1-20(2,3)27-19(23)16-13-11-12-15(18(16)26-4)14-17(21(24)25)22(28(5,6)7)29(8,9)10/h11-13,17,24-25H,14H2,1-10H3/t17-/m0/s1. The van der Waals surface area contributed by atoms with E-state index >= 15 is 0 Å². The monoisotopic (exact) mass is 439 g/mol. The fourth-order valence-electron chi connectivity index (χ4n) is 4.04. The van der Waals surface area contributed by atoms with Crippen LogP contribution < -0.4 is 4.74 Å². The SMILES string of the molecule is COc1c(C[C@@H](B(O)O)N([Si](C)(C)C)[Si](C)(C)C)cccc1C(=O)OC(C)(C)C. The number of esters is 1. The van der Waals surface area contributed by atoms with Crippen LogP contribution in [0.15, 0.2) is 18.2 Å². The third kappa shape index (κ3) is 7.25. The van der Waals surface area contributed by atoms with E-state index in [9.17, 15) is 14.8 Å². The molecule has 1 atom stereocenters. The Balaban J connectivity index is 3.42. The zero-order valence-corrected chi connectivity index (χ0v) is 21.7. The second kappa shape index (κ2) is 9.34. The molecule has 0 aliphatic heterocycles. The molecule has 0 amide bonds. The van der Waals surface area contributed by atoms with Crippen LogP contribution in [0, 0.1) is 0 Å². The highest BCUT2D eigenvalue weighted by Gasteiger charge is 2.44. The number of benzene rings is 1. The second-order valence-corrected chi connectivity index (χ2v) is 20.5. The molecule has 0 unspecified atom stereocenters. The van der Waals surface area contributed by atoms with Crippen molar-refractivity contribution in [3.63, 3.8) is 0 Å². The molecule has 0 saturated heterocycles. The lowest BCUT2D eigenvalue weighted by Gasteiger charge is -2.48. The molecule has 0 radical (unpaired) electrons. The Kier molecular flexibility index (Phi) is 8.35. The molecular weight excluding hydrogens is 401 g/mol. The van der Waals surface area contributed by atoms with Crippen LogP contribution in [0.25, 0.3) is 0 Å². The largest absolute Gasteiger partial charge is 0.496 e. The lowest BCUT2D eigenvalue weighted by Crippen LogP contribution is -2.67. The summed E-state index contributed by atoms with van der Waals surface area (Å²) in [5.41, 5.74) is 0.489. The Morgan fingerprint density at radius 3 is 2.00 bits per heavy atom. The first-order valence-corrected chi connectivity index (χ1v) is 16.9. The minimum absolute atomic E-state index is 0.346. The summed E-state index contributed by atoms with van der Waals surface area (Å²) in [6.07, 6.45) is 0.367. The molecule has 0 bridgehead atoms. The molecular formula is C20H38BNO5Si2. The van der Waals surface area contributed by atoms with Crippen LogP contribution in [0.5, 0.6) is 5.75 Å². The molecule has 29 heavy (non-hydrogen) atoms. The predicted molar refractivity (Wildman–Crippen MR) is 124 cm³/mol. The van der Waals surface area contributed by atoms with E-state index < -0.39 is 41.1 Å². The molecule has 1 aromatic rings. The average molecular weight is 440 g/mol. The maximum absolute atomic E-state index is 12.7. The first kappa shape index (κ1) is 25.9. The highest BCUT2D eigenvalue weighted by Crippen LogP contribution is 2.31. The van der Waals surface area contributed by atoms with E-state index in [1.807, 2.05) is 26.8 Å². The third-order valence-electron chi connectivity index (χ3n) is 4.47. The Bertz CT molecular complexity index is 694. The van der Waals surface area contributed by atoms with Crippen LogP contribution in [0.2, 0.25) is 39.3 Å². The van der Waals surface area contributed by atoms with Crippen LogP contribution in [-0.2, 0) is 11.2 Å². The predicted octanol–water partition coefficient (Wildman–Crippen LogP) is 3.55. The Morgan fingerprint density at radius 1 is 1.10 bits per heavy atom. The summed E-state index contributed by atoms with van der Waals surface area (Å²) in [7, 11) is -3.69. The van der Waals surface area contributed by atoms with Gasteiger partial charge in [-0.3, -0.25) is 0 Å². The number of hydrogen-bond donors (Lipinski definition) is 2. The smallest absolute Gasteiger partial charge is 0.468 e. The molecule has 0 heterocycles. The van der Waals surface area contributed by atoms with E-state index in [0.29, 0.717) is 17.7 Å². The molecule has 2 N–H and O–H groups in total. The molecule has 6 nitrogen and oxygen atoms in total. The van der Waals surface area contributed by atoms with Gasteiger partial charge in [0, 0.05) is 5.94 Å². The number of carbonyl (C=O) groups is 1. The van der Waals surface area contributed by atoms with Crippen molar-refractivity contribution < 1.29 is 24.3 Å². The van der Waals surface area contributed by atoms with Crippen LogP contribution in [-0.4, -0.2) is 62.5 Å². The lowest BCUT2D eigenvalue weighted by molar-refractivity contribution is 0.00662. The van der Waals surface area contributed by atoms with Crippen molar-refractivity contribution in [1.29, 1.82) is 0 Å². The van der Waals surface area contributed by atoms with E-state index in [2.05, 4.69) is 43.5 Å². The highest BCUT2D eigenvalue weighted by atomic mass is 28.4. The number of rotatable bonds is 8. The van der Waals surface area contributed by atoms with Gasteiger partial charge in [0.2, 0.25) is 0 Å². The second-order valence-electron chi connectivity index (χ2n) is 10.4. The van der Waals surface area contributed by atoms with Gasteiger partial charge in [0.25, 0.3) is 0 Å². The van der Waals surface area contributed by atoms with Gasteiger partial charge >= 0.3 is 13.1 Å². The number of methoxy groups -OCH3 is 1. The number of nitrogens with zero attached hydrogens (tertiary/aromatic N) is 1. The van der Waals surface area contributed by atoms with Crippen molar-refractivity contribution in [2.75, 3.05) is 7.11 Å². The van der Waals surface area contributed by atoms with Gasteiger partial charge in [-0.25, -0.2) is 4.79 Å². The van der Waals surface area contributed by atoms with Gasteiger partial charge in [0.15, 0.2) is 0 Å². The first-order valence-electron chi connectivity index (χ1n) is 10.0. The minimum atomic E-state index is -1.85. The molecule has 0 aromatic heterocycles. The molecule has 0 spiro atoms. The maximum atomic E-state index is 12.7. The summed E-state index contributed by atoms with van der Waals surface area (Å²) < 4.78 is 13.5. The Labute approximate surface area is 178 Å². The molecule has 0 saturated carbocycles. The van der Waals surface area contributed by atoms with E-state index in [4.69, 9.17) is 9.47 Å². The Morgan fingerprint density at radius 2 is 1.62 bits per heavy atom. The Hall–Kier alpha value is -1.13. The summed E-state index contributed by atoms with van der Waals surface area (Å²) in [4.78, 5) is 12.7. The number of para-hydroxylation sites is 1. The van der Waals surface area contributed by atoms with Gasteiger partial charge in [-0.2, -0.15) is 0 Å². The highest BCUT2D eigenvalue weighted by molar-refractivity contribution is 6.90. The van der Waals surface area contributed by atoms with Crippen molar-refractivity contribution in [1.82, 2.24) is 4.23 Å². The van der Waals surface area contributed by atoms with E-state index in [1.165, 1.54) is 7.11 Å². The molecule has 0 aliphatic rings. The van der Waals surface area contributed by atoms with Crippen molar-refractivity contribution in [3.8, 4) is 5.75 Å². The van der Waals surface area contributed by atoms with E-state index in [0.717, 1.165) is 5.56 Å². The van der Waals surface area contributed by atoms with Crippen molar-refractivity contribution in [3.05, 3.63) is 29.3 Å². The molecule has 0 aliphatic carbocycles. The maximum Gasteiger partial charge on any atom is 0.468 e. The van der Waals surface area contributed by atoms with Gasteiger partial charge in [0.05, 0.1) is 7.11 Å². The summed E-state index contributed by atoms with van der Waals surface area (Å²) in [5.74, 6) is -0.501. The molecule has 0 fully saturated rings. The van der Waals surface area contributed by atoms with Gasteiger partial charge in [-0.05, 0) is 38.8 Å². The van der Waals surface area contributed by atoms with Crippen LogP contribution in [0.4, 0.5) is 0 Å². The quantitative estimate of drug-likeness (QED) is 0.477. The third-order valence-corrected chi connectivity index (χ3v) is 12.0. The molecule has 1 aromatic carbocycles. The van der Waals surface area contributed by atoms with Gasteiger partial charge in [0.1, 0.15) is 33.4 Å². The summed E-state index contributed by atoms with van der Waals surface area (Å²) in [5, 5.41) is 20.6. The summed E-state index contributed by atoms with van der Waals surface area (Å²) in [6.45, 7) is 18.8. The van der Waals surface area contributed by atoms with Gasteiger partial charge in [-0.1, -0.05) is 51.4 Å². The van der Waals surface area contributed by atoms with Crippen molar-refractivity contribution >= 4 is 29.6 Å². The number of carbonyl (C=O) groups excluding carboxylic acids is 1. The normalized spacial score (nSPS) is 14.0.